The van der Waals surface area contributed by atoms with Crippen LogP contribution in [0.3, 0.4) is 0 Å². The van der Waals surface area contributed by atoms with Gasteiger partial charge in [-0.25, -0.2) is 4.79 Å². The Morgan fingerprint density at radius 2 is 1.93 bits per heavy atom. The number of nitrogens with one attached hydrogen (secondary N) is 2. The van der Waals surface area contributed by atoms with Crippen LogP contribution in [0.15, 0.2) is 22.8 Å². The number of amides is 4. The van der Waals surface area contributed by atoms with E-state index in [1.165, 1.54) is 0 Å². The molecule has 3 aliphatic rings. The number of nitrogens with zero attached hydrogens (tertiary/aromatic N) is 2. The molecule has 8 heteroatoms. The van der Waals surface area contributed by atoms with Gasteiger partial charge >= 0.3 is 6.03 Å². The Kier molecular flexibility index (Phi) is 5.39. The van der Waals surface area contributed by atoms with Crippen LogP contribution >= 0.6 is 0 Å². The van der Waals surface area contributed by atoms with Crippen LogP contribution in [-0.4, -0.2) is 59.4 Å². The molecule has 1 atom stereocenters. The molecule has 2 aliphatic heterocycles. The van der Waals surface area contributed by atoms with E-state index < -0.39 is 11.6 Å². The fraction of sp³-hybridized carbons (Fsp3) is 0.650. The molecule has 0 radical (unpaired) electrons. The first-order valence-electron chi connectivity index (χ1n) is 10.3. The van der Waals surface area contributed by atoms with E-state index in [1.54, 1.807) is 6.26 Å². The number of likely N-dealkylation sites (tertiary alicyclic amines) is 1. The topological polar surface area (TPSA) is 94.9 Å². The van der Waals surface area contributed by atoms with Crippen molar-refractivity contribution >= 4 is 17.8 Å². The number of imide groups is 1. The zero-order chi connectivity index (χ0) is 19.6. The second-order valence-electron chi connectivity index (χ2n) is 8.04. The third kappa shape index (κ3) is 3.65. The van der Waals surface area contributed by atoms with Gasteiger partial charge in [-0.2, -0.15) is 0 Å². The number of hydrogen-bond acceptors (Lipinski definition) is 5. The van der Waals surface area contributed by atoms with Crippen molar-refractivity contribution in [1.29, 1.82) is 0 Å². The summed E-state index contributed by atoms with van der Waals surface area (Å²) in [5, 5.41) is 5.73. The minimum atomic E-state index is -0.790. The summed E-state index contributed by atoms with van der Waals surface area (Å²) in [6.45, 7) is 2.09. The molecule has 3 fully saturated rings. The normalized spacial score (nSPS) is 23.2. The smallest absolute Gasteiger partial charge is 0.325 e. The molecule has 1 aromatic heterocycles. The molecule has 3 heterocycles. The highest BCUT2D eigenvalue weighted by Gasteiger charge is 2.51. The molecule has 2 saturated heterocycles. The standard InChI is InChI=1S/C20H28N4O4/c25-17(14-24-18(26)20(22-19(24)27)8-2-1-3-9-20)21-13-15(16-7-6-12-28-16)23-10-4-5-11-23/h6-7,12,15H,1-5,8-11,13-14H2,(H,21,25)(H,22,27). The largest absolute Gasteiger partial charge is 0.468 e. The number of rotatable bonds is 6. The average Bonchev–Trinajstić information content (AvgIpc) is 3.44. The maximum atomic E-state index is 12.8. The number of carbonyl (C=O) groups is 3. The van der Waals surface area contributed by atoms with Gasteiger partial charge in [0.1, 0.15) is 17.8 Å². The Balaban J connectivity index is 1.36. The van der Waals surface area contributed by atoms with Crippen molar-refractivity contribution in [2.45, 2.75) is 56.5 Å². The van der Waals surface area contributed by atoms with Crippen LogP contribution in [0.4, 0.5) is 4.79 Å². The van der Waals surface area contributed by atoms with Gasteiger partial charge in [-0.05, 0) is 50.9 Å². The molecule has 8 nitrogen and oxygen atoms in total. The van der Waals surface area contributed by atoms with Crippen molar-refractivity contribution in [2.75, 3.05) is 26.2 Å². The van der Waals surface area contributed by atoms with E-state index in [4.69, 9.17) is 4.42 Å². The molecule has 4 amide bonds. The molecule has 152 valence electrons. The van der Waals surface area contributed by atoms with Crippen molar-refractivity contribution in [3.63, 3.8) is 0 Å². The average molecular weight is 388 g/mol. The van der Waals surface area contributed by atoms with E-state index >= 15 is 0 Å². The van der Waals surface area contributed by atoms with Crippen LogP contribution in [0.5, 0.6) is 0 Å². The highest BCUT2D eigenvalue weighted by atomic mass is 16.3. The van der Waals surface area contributed by atoms with Gasteiger partial charge in [-0.15, -0.1) is 0 Å². The zero-order valence-corrected chi connectivity index (χ0v) is 16.1. The quantitative estimate of drug-likeness (QED) is 0.725. The number of hydrogen-bond donors (Lipinski definition) is 2. The van der Waals surface area contributed by atoms with E-state index in [-0.39, 0.29) is 24.4 Å². The van der Waals surface area contributed by atoms with E-state index in [1.807, 2.05) is 12.1 Å². The van der Waals surface area contributed by atoms with Crippen LogP contribution in [0.1, 0.15) is 56.7 Å². The minimum absolute atomic E-state index is 0.0331. The zero-order valence-electron chi connectivity index (χ0n) is 16.1. The van der Waals surface area contributed by atoms with E-state index in [9.17, 15) is 14.4 Å². The van der Waals surface area contributed by atoms with Gasteiger partial charge in [0.25, 0.3) is 5.91 Å². The van der Waals surface area contributed by atoms with Gasteiger partial charge in [0.15, 0.2) is 0 Å². The summed E-state index contributed by atoms with van der Waals surface area (Å²) in [4.78, 5) is 41.0. The molecule has 0 aromatic carbocycles. The van der Waals surface area contributed by atoms with E-state index in [0.717, 1.165) is 55.9 Å². The van der Waals surface area contributed by atoms with E-state index in [0.29, 0.717) is 19.4 Å². The molecule has 1 aromatic rings. The van der Waals surface area contributed by atoms with Gasteiger partial charge < -0.3 is 15.1 Å². The minimum Gasteiger partial charge on any atom is -0.468 e. The van der Waals surface area contributed by atoms with Gasteiger partial charge in [0, 0.05) is 6.54 Å². The van der Waals surface area contributed by atoms with Crippen molar-refractivity contribution < 1.29 is 18.8 Å². The van der Waals surface area contributed by atoms with Gasteiger partial charge in [0.2, 0.25) is 5.91 Å². The van der Waals surface area contributed by atoms with Crippen LogP contribution < -0.4 is 10.6 Å². The number of furan rings is 1. The van der Waals surface area contributed by atoms with Gasteiger partial charge in [0.05, 0.1) is 12.3 Å². The predicted molar refractivity (Wildman–Crippen MR) is 101 cm³/mol. The molecule has 28 heavy (non-hydrogen) atoms. The molecule has 1 aliphatic carbocycles. The summed E-state index contributed by atoms with van der Waals surface area (Å²) in [5.74, 6) is 0.236. The molecule has 1 unspecified atom stereocenters. The molecule has 2 N–H and O–H groups in total. The van der Waals surface area contributed by atoms with Crippen LogP contribution in [-0.2, 0) is 9.59 Å². The summed E-state index contributed by atoms with van der Waals surface area (Å²) < 4.78 is 5.56. The third-order valence-electron chi connectivity index (χ3n) is 6.20. The Hall–Kier alpha value is -2.35. The van der Waals surface area contributed by atoms with Crippen molar-refractivity contribution in [2.24, 2.45) is 0 Å². The Bertz CT molecular complexity index is 721. The first-order valence-corrected chi connectivity index (χ1v) is 10.3. The summed E-state index contributed by atoms with van der Waals surface area (Å²) in [5.41, 5.74) is -0.790. The van der Waals surface area contributed by atoms with Gasteiger partial charge in [-0.1, -0.05) is 19.3 Å². The third-order valence-corrected chi connectivity index (χ3v) is 6.20. The van der Waals surface area contributed by atoms with E-state index in [2.05, 4.69) is 15.5 Å². The molecule has 1 spiro atoms. The molecule has 4 rings (SSSR count). The highest BCUT2D eigenvalue weighted by Crippen LogP contribution is 2.33. The predicted octanol–water partition coefficient (Wildman–Crippen LogP) is 1.79. The van der Waals surface area contributed by atoms with Crippen LogP contribution in [0.25, 0.3) is 0 Å². The lowest BCUT2D eigenvalue weighted by Gasteiger charge is -2.30. The lowest BCUT2D eigenvalue weighted by Crippen LogP contribution is -2.49. The lowest BCUT2D eigenvalue weighted by atomic mass is 9.82. The first-order chi connectivity index (χ1) is 13.6. The Morgan fingerprint density at radius 3 is 2.61 bits per heavy atom. The molecule has 0 bridgehead atoms. The Labute approximate surface area is 164 Å². The molecule has 1 saturated carbocycles. The second-order valence-corrected chi connectivity index (χ2v) is 8.04. The fourth-order valence-corrected chi connectivity index (χ4v) is 4.67. The number of urea groups is 1. The summed E-state index contributed by atoms with van der Waals surface area (Å²) in [6, 6.07) is 3.27. The first kappa shape index (κ1) is 19.0. The van der Waals surface area contributed by atoms with Crippen LogP contribution in [0, 0.1) is 0 Å². The summed E-state index contributed by atoms with van der Waals surface area (Å²) in [6.07, 6.45) is 8.15. The SMILES string of the molecule is O=C(CN1C(=O)NC2(CCCCC2)C1=O)NCC(c1ccco1)N1CCCC1. The maximum Gasteiger partial charge on any atom is 0.325 e. The van der Waals surface area contributed by atoms with Crippen molar-refractivity contribution in [3.05, 3.63) is 24.2 Å². The van der Waals surface area contributed by atoms with Crippen molar-refractivity contribution in [1.82, 2.24) is 20.4 Å². The second kappa shape index (κ2) is 7.95. The highest BCUT2D eigenvalue weighted by molar-refractivity contribution is 6.09. The fourth-order valence-electron chi connectivity index (χ4n) is 4.67. The maximum absolute atomic E-state index is 12.8. The monoisotopic (exact) mass is 388 g/mol. The van der Waals surface area contributed by atoms with Crippen molar-refractivity contribution in [3.8, 4) is 0 Å². The summed E-state index contributed by atoms with van der Waals surface area (Å²) in [7, 11) is 0. The Morgan fingerprint density at radius 1 is 1.18 bits per heavy atom. The van der Waals surface area contributed by atoms with Gasteiger partial charge in [-0.3, -0.25) is 19.4 Å². The lowest BCUT2D eigenvalue weighted by molar-refractivity contribution is -0.135. The molecular formula is C20H28N4O4. The van der Waals surface area contributed by atoms with Crippen LogP contribution in [0.2, 0.25) is 0 Å². The molecular weight excluding hydrogens is 360 g/mol. The number of carbonyl (C=O) groups excluding carboxylic acids is 3. The summed E-state index contributed by atoms with van der Waals surface area (Å²) >= 11 is 0.